The van der Waals surface area contributed by atoms with Crippen molar-refractivity contribution in [3.05, 3.63) is 35.8 Å². The van der Waals surface area contributed by atoms with Crippen molar-refractivity contribution in [1.82, 2.24) is 9.97 Å². The number of fused-ring (bicyclic) bond motifs is 1. The summed E-state index contributed by atoms with van der Waals surface area (Å²) in [4.78, 5) is 8.87. The largest absolute Gasteiger partial charge is 0.264 e. The SMILES string of the molecule is CC(C)c1cc(C(C)SS)nc2ccncc12. The lowest BCUT2D eigenvalue weighted by Crippen LogP contribution is -1.98. The average Bonchev–Trinajstić information content (AvgIpc) is 2.36. The van der Waals surface area contributed by atoms with E-state index in [1.165, 1.54) is 16.4 Å². The number of pyridine rings is 2. The van der Waals surface area contributed by atoms with Gasteiger partial charge in [0.2, 0.25) is 0 Å². The van der Waals surface area contributed by atoms with E-state index >= 15 is 0 Å². The summed E-state index contributed by atoms with van der Waals surface area (Å²) >= 11 is 4.27. The molecule has 0 aliphatic rings. The summed E-state index contributed by atoms with van der Waals surface area (Å²) in [6, 6.07) is 4.16. The number of hydrogen-bond donors (Lipinski definition) is 1. The first-order valence-electron chi connectivity index (χ1n) is 5.68. The van der Waals surface area contributed by atoms with E-state index in [4.69, 9.17) is 0 Å². The Bertz CT molecular complexity index is 526. The normalized spacial score (nSPS) is 13.2. The van der Waals surface area contributed by atoms with Crippen LogP contribution in [0.25, 0.3) is 10.9 Å². The summed E-state index contributed by atoms with van der Waals surface area (Å²) in [5.74, 6) is 0.473. The molecule has 0 spiro atoms. The van der Waals surface area contributed by atoms with Crippen LogP contribution in [0, 0.1) is 0 Å². The second kappa shape index (κ2) is 5.27. The zero-order valence-electron chi connectivity index (χ0n) is 10.2. The Balaban J connectivity index is 2.67. The molecule has 0 bridgehead atoms. The molecule has 0 aliphatic carbocycles. The van der Waals surface area contributed by atoms with Gasteiger partial charge in [0.25, 0.3) is 0 Å². The lowest BCUT2D eigenvalue weighted by atomic mass is 9.98. The second-order valence-corrected chi connectivity index (χ2v) is 5.98. The first-order valence-corrected chi connectivity index (χ1v) is 7.61. The number of rotatable bonds is 3. The molecule has 4 heteroatoms. The third-order valence-electron chi connectivity index (χ3n) is 2.86. The lowest BCUT2D eigenvalue weighted by molar-refractivity contribution is 0.865. The van der Waals surface area contributed by atoms with Crippen LogP contribution in [0.5, 0.6) is 0 Å². The van der Waals surface area contributed by atoms with Crippen LogP contribution < -0.4 is 0 Å². The van der Waals surface area contributed by atoms with E-state index in [0.29, 0.717) is 11.2 Å². The Hall–Kier alpha value is -0.740. The van der Waals surface area contributed by atoms with Gasteiger partial charge in [-0.05, 0) is 30.5 Å². The molecule has 17 heavy (non-hydrogen) atoms. The average molecular weight is 264 g/mol. The minimum absolute atomic E-state index is 0.299. The van der Waals surface area contributed by atoms with Gasteiger partial charge >= 0.3 is 0 Å². The van der Waals surface area contributed by atoms with Gasteiger partial charge < -0.3 is 0 Å². The molecule has 2 aromatic rings. The highest BCUT2D eigenvalue weighted by Gasteiger charge is 2.12. The van der Waals surface area contributed by atoms with E-state index in [0.717, 1.165) is 16.6 Å². The Kier molecular flexibility index (Phi) is 3.94. The van der Waals surface area contributed by atoms with E-state index in [9.17, 15) is 0 Å². The zero-order valence-corrected chi connectivity index (χ0v) is 11.9. The van der Waals surface area contributed by atoms with Gasteiger partial charge in [0, 0.05) is 17.8 Å². The summed E-state index contributed by atoms with van der Waals surface area (Å²) in [5, 5.41) is 1.45. The van der Waals surface area contributed by atoms with E-state index < -0.39 is 0 Å². The van der Waals surface area contributed by atoms with Gasteiger partial charge in [-0.15, -0.1) is 11.7 Å². The molecule has 1 unspecified atom stereocenters. The zero-order chi connectivity index (χ0) is 12.4. The van der Waals surface area contributed by atoms with Gasteiger partial charge in [-0.2, -0.15) is 0 Å². The Morgan fingerprint density at radius 3 is 2.71 bits per heavy atom. The summed E-state index contributed by atoms with van der Waals surface area (Å²) in [7, 11) is 1.52. The van der Waals surface area contributed by atoms with Crippen LogP contribution >= 0.6 is 22.5 Å². The standard InChI is InChI=1S/C13H16N2S2/c1-8(2)10-6-13(9(3)17-16)15-12-4-5-14-7-11(10)12/h4-9,16H,1-3H3. The maximum Gasteiger partial charge on any atom is 0.0739 e. The molecule has 0 saturated heterocycles. The van der Waals surface area contributed by atoms with Crippen molar-refractivity contribution in [2.45, 2.75) is 31.9 Å². The third kappa shape index (κ3) is 2.58. The van der Waals surface area contributed by atoms with Gasteiger partial charge in [0.1, 0.15) is 0 Å². The van der Waals surface area contributed by atoms with Crippen molar-refractivity contribution in [3.8, 4) is 0 Å². The van der Waals surface area contributed by atoms with Crippen molar-refractivity contribution in [3.63, 3.8) is 0 Å². The molecule has 0 fully saturated rings. The molecule has 2 nitrogen and oxygen atoms in total. The van der Waals surface area contributed by atoms with Crippen LogP contribution in [0.15, 0.2) is 24.5 Å². The number of thiol groups is 1. The maximum absolute atomic E-state index is 4.68. The first-order chi connectivity index (χ1) is 8.13. The molecule has 0 saturated carbocycles. The third-order valence-corrected chi connectivity index (χ3v) is 4.37. The van der Waals surface area contributed by atoms with Gasteiger partial charge in [0.05, 0.1) is 16.5 Å². The van der Waals surface area contributed by atoms with Crippen molar-refractivity contribution in [1.29, 1.82) is 0 Å². The Morgan fingerprint density at radius 2 is 2.06 bits per heavy atom. The monoisotopic (exact) mass is 264 g/mol. The number of nitrogens with zero attached hydrogens (tertiary/aromatic N) is 2. The van der Waals surface area contributed by atoms with Gasteiger partial charge in [0.15, 0.2) is 0 Å². The quantitative estimate of drug-likeness (QED) is 0.657. The van der Waals surface area contributed by atoms with Gasteiger partial charge in [-0.25, -0.2) is 0 Å². The summed E-state index contributed by atoms with van der Waals surface area (Å²) < 4.78 is 0. The highest BCUT2D eigenvalue weighted by atomic mass is 33.1. The number of aromatic nitrogens is 2. The summed E-state index contributed by atoms with van der Waals surface area (Å²) in [5.41, 5.74) is 3.43. The predicted octanol–water partition coefficient (Wildman–Crippen LogP) is 4.39. The highest BCUT2D eigenvalue weighted by molar-refractivity contribution is 8.68. The molecule has 0 aliphatic heterocycles. The summed E-state index contributed by atoms with van der Waals surface area (Å²) in [6.07, 6.45) is 3.70. The molecule has 2 heterocycles. The van der Waals surface area contributed by atoms with E-state index in [-0.39, 0.29) is 0 Å². The van der Waals surface area contributed by atoms with Crippen LogP contribution in [-0.4, -0.2) is 9.97 Å². The molecule has 2 rings (SSSR count). The molecule has 0 N–H and O–H groups in total. The van der Waals surface area contributed by atoms with Crippen LogP contribution in [0.4, 0.5) is 0 Å². The molecular formula is C13H16N2S2. The minimum atomic E-state index is 0.299. The van der Waals surface area contributed by atoms with Crippen molar-refractivity contribution in [2.75, 3.05) is 0 Å². The van der Waals surface area contributed by atoms with Crippen molar-refractivity contribution in [2.24, 2.45) is 0 Å². The molecule has 0 amide bonds. The fourth-order valence-electron chi connectivity index (χ4n) is 1.86. The predicted molar refractivity (Wildman–Crippen MR) is 78.6 cm³/mol. The smallest absolute Gasteiger partial charge is 0.0739 e. The topological polar surface area (TPSA) is 25.8 Å². The fourth-order valence-corrected chi connectivity index (χ4v) is 2.41. The van der Waals surface area contributed by atoms with Gasteiger partial charge in [-0.1, -0.05) is 24.6 Å². The van der Waals surface area contributed by atoms with E-state index in [1.807, 2.05) is 12.3 Å². The molecule has 2 aromatic heterocycles. The van der Waals surface area contributed by atoms with Crippen LogP contribution in [0.3, 0.4) is 0 Å². The Labute approximate surface area is 111 Å². The first kappa shape index (κ1) is 12.7. The van der Waals surface area contributed by atoms with Crippen molar-refractivity contribution >= 4 is 33.4 Å². The van der Waals surface area contributed by atoms with Gasteiger partial charge in [-0.3, -0.25) is 9.97 Å². The molecule has 0 aromatic carbocycles. The van der Waals surface area contributed by atoms with Crippen LogP contribution in [0.2, 0.25) is 0 Å². The van der Waals surface area contributed by atoms with Crippen molar-refractivity contribution < 1.29 is 0 Å². The molecule has 1 atom stereocenters. The minimum Gasteiger partial charge on any atom is -0.264 e. The second-order valence-electron chi connectivity index (χ2n) is 4.43. The van der Waals surface area contributed by atoms with Crippen LogP contribution in [-0.2, 0) is 0 Å². The molecular weight excluding hydrogens is 248 g/mol. The number of hydrogen-bond acceptors (Lipinski definition) is 4. The Morgan fingerprint density at radius 1 is 1.29 bits per heavy atom. The fraction of sp³-hybridized carbons (Fsp3) is 0.385. The van der Waals surface area contributed by atoms with E-state index in [2.05, 4.69) is 48.5 Å². The highest BCUT2D eigenvalue weighted by Crippen LogP contribution is 2.33. The maximum atomic E-state index is 4.68. The van der Waals surface area contributed by atoms with E-state index in [1.54, 1.807) is 6.20 Å². The summed E-state index contributed by atoms with van der Waals surface area (Å²) in [6.45, 7) is 6.52. The molecule has 90 valence electrons. The lowest BCUT2D eigenvalue weighted by Gasteiger charge is -2.14. The molecule has 0 radical (unpaired) electrons. The van der Waals surface area contributed by atoms with Crippen LogP contribution in [0.1, 0.15) is 43.2 Å².